The first-order valence-electron chi connectivity index (χ1n) is 8.79. The van der Waals surface area contributed by atoms with Crippen LogP contribution in [0.25, 0.3) is 11.0 Å². The van der Waals surface area contributed by atoms with Crippen LogP contribution in [0.5, 0.6) is 5.75 Å². The number of carbonyl (C=O) groups is 1. The maximum absolute atomic E-state index is 13.4. The molecule has 0 saturated carbocycles. The van der Waals surface area contributed by atoms with Gasteiger partial charge in [-0.3, -0.25) is 4.79 Å². The van der Waals surface area contributed by atoms with Gasteiger partial charge < -0.3 is 14.1 Å². The molecule has 28 heavy (non-hydrogen) atoms. The third-order valence-electron chi connectivity index (χ3n) is 4.90. The SMILES string of the molecule is COc1ccc(Br)cc1C1SCCN1C(=O)c1c(C)c2ccccc2oc1=O. The number of ether oxygens (including phenoxy) is 1. The summed E-state index contributed by atoms with van der Waals surface area (Å²) in [5, 5.41) is 0.541. The zero-order chi connectivity index (χ0) is 19.8. The second-order valence-electron chi connectivity index (χ2n) is 6.49. The van der Waals surface area contributed by atoms with Crippen LogP contribution < -0.4 is 10.4 Å². The summed E-state index contributed by atoms with van der Waals surface area (Å²) < 4.78 is 11.8. The van der Waals surface area contributed by atoms with Crippen LogP contribution >= 0.6 is 27.7 Å². The minimum absolute atomic E-state index is 0.0974. The highest BCUT2D eigenvalue weighted by molar-refractivity contribution is 9.10. The third kappa shape index (κ3) is 3.22. The van der Waals surface area contributed by atoms with Crippen molar-refractivity contribution in [3.63, 3.8) is 0 Å². The van der Waals surface area contributed by atoms with Gasteiger partial charge in [-0.15, -0.1) is 11.8 Å². The Morgan fingerprint density at radius 2 is 2.07 bits per heavy atom. The molecule has 0 spiro atoms. The standard InChI is InChI=1S/C21H18BrNO4S/c1-12-14-5-3-4-6-17(14)27-21(25)18(12)19(24)23-9-10-28-20(23)15-11-13(22)7-8-16(15)26-2/h3-8,11,20H,9-10H2,1-2H3. The Labute approximate surface area is 174 Å². The summed E-state index contributed by atoms with van der Waals surface area (Å²) in [6, 6.07) is 13.0. The normalized spacial score (nSPS) is 16.5. The van der Waals surface area contributed by atoms with E-state index in [4.69, 9.17) is 9.15 Å². The van der Waals surface area contributed by atoms with Gasteiger partial charge in [0.25, 0.3) is 5.91 Å². The Morgan fingerprint density at radius 1 is 1.29 bits per heavy atom. The maximum Gasteiger partial charge on any atom is 0.349 e. The molecular weight excluding hydrogens is 442 g/mol. The quantitative estimate of drug-likeness (QED) is 0.528. The van der Waals surface area contributed by atoms with Crippen molar-refractivity contribution in [2.45, 2.75) is 12.3 Å². The summed E-state index contributed by atoms with van der Waals surface area (Å²) >= 11 is 5.14. The molecule has 0 N–H and O–H groups in total. The van der Waals surface area contributed by atoms with Crippen LogP contribution in [0.3, 0.4) is 0 Å². The summed E-state index contributed by atoms with van der Waals surface area (Å²) in [5.74, 6) is 1.18. The minimum atomic E-state index is -0.599. The molecule has 2 aromatic carbocycles. The number of rotatable bonds is 3. The number of carbonyl (C=O) groups excluding carboxylic acids is 1. The van der Waals surface area contributed by atoms with Crippen molar-refractivity contribution in [1.82, 2.24) is 4.90 Å². The molecule has 1 fully saturated rings. The Kier molecular flexibility index (Phi) is 5.21. The Bertz CT molecular complexity index is 1130. The molecule has 1 aliphatic rings. The summed E-state index contributed by atoms with van der Waals surface area (Å²) in [6.45, 7) is 2.35. The highest BCUT2D eigenvalue weighted by atomic mass is 79.9. The van der Waals surface area contributed by atoms with Crippen molar-refractivity contribution in [3.8, 4) is 5.75 Å². The molecule has 1 saturated heterocycles. The topological polar surface area (TPSA) is 59.8 Å². The van der Waals surface area contributed by atoms with Crippen LogP contribution in [0.4, 0.5) is 0 Å². The van der Waals surface area contributed by atoms with E-state index in [1.54, 1.807) is 42.8 Å². The molecule has 2 heterocycles. The molecule has 4 rings (SSSR count). The fraction of sp³-hybridized carbons (Fsp3) is 0.238. The second-order valence-corrected chi connectivity index (χ2v) is 8.60. The fourth-order valence-electron chi connectivity index (χ4n) is 3.53. The van der Waals surface area contributed by atoms with Crippen molar-refractivity contribution < 1.29 is 13.9 Å². The van der Waals surface area contributed by atoms with E-state index < -0.39 is 5.63 Å². The molecule has 0 aliphatic carbocycles. The molecule has 1 amide bonds. The van der Waals surface area contributed by atoms with Crippen molar-refractivity contribution in [2.75, 3.05) is 19.4 Å². The number of aryl methyl sites for hydroxylation is 1. The van der Waals surface area contributed by atoms with Crippen molar-refractivity contribution in [2.24, 2.45) is 0 Å². The zero-order valence-corrected chi connectivity index (χ0v) is 17.8. The van der Waals surface area contributed by atoms with Crippen LogP contribution in [-0.4, -0.2) is 30.2 Å². The van der Waals surface area contributed by atoms with Gasteiger partial charge in [0.2, 0.25) is 0 Å². The van der Waals surface area contributed by atoms with E-state index >= 15 is 0 Å². The summed E-state index contributed by atoms with van der Waals surface area (Å²) in [4.78, 5) is 27.7. The van der Waals surface area contributed by atoms with E-state index in [1.165, 1.54) is 0 Å². The number of fused-ring (bicyclic) bond motifs is 1. The van der Waals surface area contributed by atoms with Crippen LogP contribution in [0, 0.1) is 6.92 Å². The summed E-state index contributed by atoms with van der Waals surface area (Å²) in [7, 11) is 1.61. The maximum atomic E-state index is 13.4. The first-order valence-corrected chi connectivity index (χ1v) is 10.6. The molecule has 1 unspecified atom stereocenters. The monoisotopic (exact) mass is 459 g/mol. The van der Waals surface area contributed by atoms with Crippen LogP contribution in [0.1, 0.15) is 26.9 Å². The van der Waals surface area contributed by atoms with E-state index in [9.17, 15) is 9.59 Å². The highest BCUT2D eigenvalue weighted by Crippen LogP contribution is 2.43. The molecular formula is C21H18BrNO4S. The second kappa shape index (κ2) is 7.64. The number of halogens is 1. The van der Waals surface area contributed by atoms with Gasteiger partial charge in [0.1, 0.15) is 22.3 Å². The molecule has 7 heteroatoms. The van der Waals surface area contributed by atoms with Gasteiger partial charge in [-0.25, -0.2) is 4.79 Å². The number of hydrogen-bond donors (Lipinski definition) is 0. The zero-order valence-electron chi connectivity index (χ0n) is 15.4. The minimum Gasteiger partial charge on any atom is -0.496 e. The lowest BCUT2D eigenvalue weighted by molar-refractivity contribution is 0.0754. The van der Waals surface area contributed by atoms with Crippen LogP contribution in [-0.2, 0) is 0 Å². The average Bonchev–Trinajstić information content (AvgIpc) is 3.17. The molecule has 0 radical (unpaired) electrons. The van der Waals surface area contributed by atoms with Crippen LogP contribution in [0.2, 0.25) is 0 Å². The first-order chi connectivity index (χ1) is 13.5. The molecule has 5 nitrogen and oxygen atoms in total. The fourth-order valence-corrected chi connectivity index (χ4v) is 5.18. The predicted molar refractivity (Wildman–Crippen MR) is 114 cm³/mol. The summed E-state index contributed by atoms with van der Waals surface area (Å²) in [5.41, 5.74) is 1.53. The van der Waals surface area contributed by atoms with Gasteiger partial charge in [0.05, 0.1) is 7.11 Å². The van der Waals surface area contributed by atoms with Gasteiger partial charge in [0, 0.05) is 27.7 Å². The molecule has 1 atom stereocenters. The van der Waals surface area contributed by atoms with Crippen molar-refractivity contribution in [1.29, 1.82) is 0 Å². The lowest BCUT2D eigenvalue weighted by atomic mass is 10.0. The van der Waals surface area contributed by atoms with E-state index in [2.05, 4.69) is 15.9 Å². The number of methoxy groups -OCH3 is 1. The molecule has 1 aromatic heterocycles. The highest BCUT2D eigenvalue weighted by Gasteiger charge is 2.35. The number of nitrogens with zero attached hydrogens (tertiary/aromatic N) is 1. The van der Waals surface area contributed by atoms with Gasteiger partial charge >= 0.3 is 5.63 Å². The average molecular weight is 460 g/mol. The lowest BCUT2D eigenvalue weighted by Crippen LogP contribution is -2.34. The molecule has 144 valence electrons. The van der Waals surface area contributed by atoms with E-state index in [0.717, 1.165) is 21.2 Å². The van der Waals surface area contributed by atoms with Gasteiger partial charge in [-0.1, -0.05) is 34.1 Å². The Hall–Kier alpha value is -2.25. The molecule has 3 aromatic rings. The number of amides is 1. The number of thioether (sulfide) groups is 1. The number of hydrogen-bond acceptors (Lipinski definition) is 5. The van der Waals surface area contributed by atoms with Gasteiger partial charge in [0.15, 0.2) is 0 Å². The smallest absolute Gasteiger partial charge is 0.349 e. The van der Waals surface area contributed by atoms with E-state index in [0.29, 0.717) is 23.4 Å². The van der Waals surface area contributed by atoms with Crippen LogP contribution in [0.15, 0.2) is 56.1 Å². The largest absolute Gasteiger partial charge is 0.496 e. The van der Waals surface area contributed by atoms with Gasteiger partial charge in [-0.05, 0) is 36.8 Å². The van der Waals surface area contributed by atoms with Crippen molar-refractivity contribution >= 4 is 44.6 Å². The Morgan fingerprint density at radius 3 is 2.86 bits per heavy atom. The Balaban J connectivity index is 1.79. The number of benzene rings is 2. The molecule has 0 bridgehead atoms. The first kappa shape index (κ1) is 19.1. The predicted octanol–water partition coefficient (Wildman–Crippen LogP) is 4.76. The number of para-hydroxylation sites is 1. The van der Waals surface area contributed by atoms with E-state index in [1.807, 2.05) is 30.3 Å². The summed E-state index contributed by atoms with van der Waals surface area (Å²) in [6.07, 6.45) is 0. The molecule has 1 aliphatic heterocycles. The lowest BCUT2D eigenvalue weighted by Gasteiger charge is -2.26. The van der Waals surface area contributed by atoms with Crippen molar-refractivity contribution in [3.05, 3.63) is 74.0 Å². The van der Waals surface area contributed by atoms with E-state index in [-0.39, 0.29) is 16.8 Å². The third-order valence-corrected chi connectivity index (χ3v) is 6.63. The van der Waals surface area contributed by atoms with Gasteiger partial charge in [-0.2, -0.15) is 0 Å².